The Morgan fingerprint density at radius 2 is 2.22 bits per heavy atom. The van der Waals surface area contributed by atoms with Crippen molar-refractivity contribution in [2.24, 2.45) is 22.2 Å². The molecule has 0 bridgehead atoms. The number of hydrogen-bond donors (Lipinski definition) is 2. The number of oxime groups is 1. The summed E-state index contributed by atoms with van der Waals surface area (Å²) in [7, 11) is 3.86. The molecule has 0 saturated carbocycles. The Morgan fingerprint density at radius 3 is 2.67 bits per heavy atom. The molecule has 1 heterocycles. The van der Waals surface area contributed by atoms with Crippen LogP contribution < -0.4 is 5.73 Å². The van der Waals surface area contributed by atoms with E-state index >= 15 is 0 Å². The van der Waals surface area contributed by atoms with Crippen molar-refractivity contribution in [2.45, 2.75) is 20.3 Å². The van der Waals surface area contributed by atoms with Crippen LogP contribution >= 0.6 is 0 Å². The molecule has 1 aliphatic rings. The predicted molar refractivity (Wildman–Crippen MR) is 70.4 cm³/mol. The van der Waals surface area contributed by atoms with Gasteiger partial charge in [0.25, 0.3) is 0 Å². The minimum atomic E-state index is -0.964. The maximum atomic E-state index is 12.3. The molecule has 0 aromatic carbocycles. The highest BCUT2D eigenvalue weighted by molar-refractivity contribution is 6.05. The van der Waals surface area contributed by atoms with Gasteiger partial charge in [-0.1, -0.05) is 5.16 Å². The molecule has 1 amide bonds. The van der Waals surface area contributed by atoms with E-state index in [1.807, 2.05) is 0 Å². The summed E-state index contributed by atoms with van der Waals surface area (Å²) < 4.78 is 0. The van der Waals surface area contributed by atoms with Crippen LogP contribution in [0.15, 0.2) is 5.16 Å². The van der Waals surface area contributed by atoms with E-state index in [1.165, 1.54) is 0 Å². The fourth-order valence-electron chi connectivity index (χ4n) is 2.36. The standard InChI is InChI=1S/C12H24N4O2/c1-12(2,10(13)14-18)11(17)16(4)8-9-5-6-15(3)7-9/h9,18H,5-8H2,1-4H3,(H2,13,14). The van der Waals surface area contributed by atoms with Crippen molar-refractivity contribution in [1.82, 2.24) is 9.80 Å². The van der Waals surface area contributed by atoms with Crippen LogP contribution in [-0.4, -0.2) is 60.5 Å². The summed E-state index contributed by atoms with van der Waals surface area (Å²) in [6, 6.07) is 0. The molecule has 0 radical (unpaired) electrons. The number of carbonyl (C=O) groups excluding carboxylic acids is 1. The van der Waals surface area contributed by atoms with Crippen LogP contribution in [0.2, 0.25) is 0 Å². The summed E-state index contributed by atoms with van der Waals surface area (Å²) in [5, 5.41) is 11.7. The maximum Gasteiger partial charge on any atom is 0.235 e. The Morgan fingerprint density at radius 1 is 1.61 bits per heavy atom. The van der Waals surface area contributed by atoms with Gasteiger partial charge < -0.3 is 20.7 Å². The van der Waals surface area contributed by atoms with Crippen molar-refractivity contribution in [3.05, 3.63) is 0 Å². The molecule has 6 heteroatoms. The molecule has 18 heavy (non-hydrogen) atoms. The molecule has 1 rings (SSSR count). The molecule has 0 aromatic rings. The number of rotatable bonds is 4. The van der Waals surface area contributed by atoms with Gasteiger partial charge in [-0.15, -0.1) is 0 Å². The van der Waals surface area contributed by atoms with Crippen LogP contribution in [0.1, 0.15) is 20.3 Å². The zero-order chi connectivity index (χ0) is 13.9. The summed E-state index contributed by atoms with van der Waals surface area (Å²) in [5.41, 5.74) is 4.60. The van der Waals surface area contributed by atoms with Gasteiger partial charge in [0.05, 0.1) is 0 Å². The highest BCUT2D eigenvalue weighted by Gasteiger charge is 2.36. The summed E-state index contributed by atoms with van der Waals surface area (Å²) in [5.74, 6) is 0.335. The summed E-state index contributed by atoms with van der Waals surface area (Å²) in [4.78, 5) is 16.2. The summed E-state index contributed by atoms with van der Waals surface area (Å²) >= 11 is 0. The Labute approximate surface area is 108 Å². The first-order chi connectivity index (χ1) is 8.28. The molecule has 1 fully saturated rings. The molecule has 1 atom stereocenters. The molecule has 0 aliphatic carbocycles. The predicted octanol–water partition coefficient (Wildman–Crippen LogP) is 0.169. The van der Waals surface area contributed by atoms with Crippen LogP contribution in [0.25, 0.3) is 0 Å². The second kappa shape index (κ2) is 5.56. The Hall–Kier alpha value is -1.30. The SMILES string of the molecule is CN1CCC(CN(C)C(=O)C(C)(C)C(N)=NO)C1. The van der Waals surface area contributed by atoms with Gasteiger partial charge in [-0.2, -0.15) is 0 Å². The fourth-order valence-corrected chi connectivity index (χ4v) is 2.36. The monoisotopic (exact) mass is 256 g/mol. The lowest BCUT2D eigenvalue weighted by atomic mass is 9.90. The topological polar surface area (TPSA) is 82.2 Å². The van der Waals surface area contributed by atoms with Crippen LogP contribution in [0.4, 0.5) is 0 Å². The number of hydrogen-bond acceptors (Lipinski definition) is 4. The number of nitrogens with two attached hydrogens (primary N) is 1. The largest absolute Gasteiger partial charge is 0.409 e. The van der Waals surface area contributed by atoms with E-state index in [0.717, 1.165) is 19.5 Å². The minimum absolute atomic E-state index is 0.0529. The van der Waals surface area contributed by atoms with E-state index < -0.39 is 5.41 Å². The van der Waals surface area contributed by atoms with Crippen LogP contribution in [-0.2, 0) is 4.79 Å². The van der Waals surface area contributed by atoms with Gasteiger partial charge in [0.1, 0.15) is 5.41 Å². The third kappa shape index (κ3) is 3.13. The second-order valence-corrected chi connectivity index (χ2v) is 5.71. The quantitative estimate of drug-likeness (QED) is 0.325. The number of amides is 1. The van der Waals surface area contributed by atoms with Crippen LogP contribution in [0, 0.1) is 11.3 Å². The Bertz CT molecular complexity index is 341. The molecule has 104 valence electrons. The van der Waals surface area contributed by atoms with E-state index in [2.05, 4.69) is 17.1 Å². The third-order valence-corrected chi connectivity index (χ3v) is 3.65. The molecule has 6 nitrogen and oxygen atoms in total. The molecule has 1 unspecified atom stereocenters. The Balaban J connectivity index is 2.61. The summed E-state index contributed by atoms with van der Waals surface area (Å²) in [6.07, 6.45) is 1.11. The lowest BCUT2D eigenvalue weighted by Gasteiger charge is -2.29. The van der Waals surface area contributed by atoms with Crippen molar-refractivity contribution in [3.63, 3.8) is 0 Å². The van der Waals surface area contributed by atoms with Crippen LogP contribution in [0.5, 0.6) is 0 Å². The zero-order valence-electron chi connectivity index (χ0n) is 11.7. The highest BCUT2D eigenvalue weighted by atomic mass is 16.4. The lowest BCUT2D eigenvalue weighted by Crippen LogP contribution is -2.47. The maximum absolute atomic E-state index is 12.3. The van der Waals surface area contributed by atoms with Gasteiger partial charge in [-0.3, -0.25) is 4.79 Å². The first-order valence-electron chi connectivity index (χ1n) is 6.21. The Kier molecular flexibility index (Phi) is 4.56. The molecule has 3 N–H and O–H groups in total. The van der Waals surface area contributed by atoms with Crippen molar-refractivity contribution in [2.75, 3.05) is 33.7 Å². The number of likely N-dealkylation sites (tertiary alicyclic amines) is 1. The number of nitrogens with zero attached hydrogens (tertiary/aromatic N) is 3. The highest BCUT2D eigenvalue weighted by Crippen LogP contribution is 2.21. The van der Waals surface area contributed by atoms with Gasteiger partial charge in [0, 0.05) is 20.1 Å². The van der Waals surface area contributed by atoms with Crippen molar-refractivity contribution in [1.29, 1.82) is 0 Å². The summed E-state index contributed by atoms with van der Waals surface area (Å²) in [6.45, 7) is 6.15. The zero-order valence-corrected chi connectivity index (χ0v) is 11.7. The van der Waals surface area contributed by atoms with Crippen molar-refractivity contribution < 1.29 is 10.0 Å². The lowest BCUT2D eigenvalue weighted by molar-refractivity contribution is -0.136. The normalized spacial score (nSPS) is 22.2. The first kappa shape index (κ1) is 14.8. The van der Waals surface area contributed by atoms with Gasteiger partial charge in [0.15, 0.2) is 5.84 Å². The third-order valence-electron chi connectivity index (χ3n) is 3.65. The van der Waals surface area contributed by atoms with Gasteiger partial charge in [0.2, 0.25) is 5.91 Å². The van der Waals surface area contributed by atoms with Crippen molar-refractivity contribution >= 4 is 11.7 Å². The van der Waals surface area contributed by atoms with E-state index in [9.17, 15) is 4.79 Å². The van der Waals surface area contributed by atoms with Gasteiger partial charge >= 0.3 is 0 Å². The van der Waals surface area contributed by atoms with E-state index in [-0.39, 0.29) is 11.7 Å². The van der Waals surface area contributed by atoms with E-state index in [0.29, 0.717) is 12.5 Å². The molecule has 1 saturated heterocycles. The average molecular weight is 256 g/mol. The van der Waals surface area contributed by atoms with E-state index in [1.54, 1.807) is 25.8 Å². The number of amidine groups is 1. The molecular formula is C12H24N4O2. The second-order valence-electron chi connectivity index (χ2n) is 5.71. The minimum Gasteiger partial charge on any atom is -0.409 e. The average Bonchev–Trinajstić information content (AvgIpc) is 2.72. The number of carbonyl (C=O) groups is 1. The van der Waals surface area contributed by atoms with Crippen LogP contribution in [0.3, 0.4) is 0 Å². The molecular weight excluding hydrogens is 232 g/mol. The van der Waals surface area contributed by atoms with E-state index in [4.69, 9.17) is 10.9 Å². The van der Waals surface area contributed by atoms with Gasteiger partial charge in [-0.25, -0.2) is 0 Å². The molecule has 1 aliphatic heterocycles. The van der Waals surface area contributed by atoms with Crippen molar-refractivity contribution in [3.8, 4) is 0 Å². The fraction of sp³-hybridized carbons (Fsp3) is 0.833. The first-order valence-corrected chi connectivity index (χ1v) is 6.21. The smallest absolute Gasteiger partial charge is 0.235 e. The molecule has 0 aromatic heterocycles. The van der Waals surface area contributed by atoms with Gasteiger partial charge in [-0.05, 0) is 39.8 Å². The molecule has 0 spiro atoms.